The highest BCUT2D eigenvalue weighted by atomic mass is 15.3. The first-order chi connectivity index (χ1) is 6.09. The first-order valence-corrected chi connectivity index (χ1v) is 4.89. The highest BCUT2D eigenvalue weighted by Gasteiger charge is 2.32. The lowest BCUT2D eigenvalue weighted by atomic mass is 9.70. The van der Waals surface area contributed by atoms with Crippen LogP contribution in [0.1, 0.15) is 31.7 Å². The smallest absolute Gasteiger partial charge is 0.148 e. The van der Waals surface area contributed by atoms with Crippen molar-refractivity contribution in [3.63, 3.8) is 0 Å². The number of aryl methyl sites for hydroxylation is 1. The molecule has 0 radical (unpaired) electrons. The van der Waals surface area contributed by atoms with Crippen molar-refractivity contribution in [2.24, 2.45) is 5.41 Å². The lowest BCUT2D eigenvalue weighted by Crippen LogP contribution is -2.30. The van der Waals surface area contributed by atoms with Gasteiger partial charge in [0.05, 0.1) is 0 Å². The highest BCUT2D eigenvalue weighted by molar-refractivity contribution is 5.35. The van der Waals surface area contributed by atoms with Crippen molar-refractivity contribution in [2.75, 3.05) is 5.73 Å². The molecular formula is C10H17N3. The molecule has 1 aromatic heterocycles. The van der Waals surface area contributed by atoms with E-state index in [4.69, 9.17) is 5.73 Å². The van der Waals surface area contributed by atoms with Gasteiger partial charge in [0.15, 0.2) is 0 Å². The van der Waals surface area contributed by atoms with E-state index in [1.165, 1.54) is 19.3 Å². The molecule has 13 heavy (non-hydrogen) atoms. The second-order valence-corrected chi connectivity index (χ2v) is 4.56. The Morgan fingerprint density at radius 3 is 2.69 bits per heavy atom. The molecule has 1 saturated carbocycles. The van der Waals surface area contributed by atoms with Crippen LogP contribution in [0.25, 0.3) is 0 Å². The van der Waals surface area contributed by atoms with E-state index in [0.29, 0.717) is 11.2 Å². The Morgan fingerprint density at radius 1 is 1.62 bits per heavy atom. The monoisotopic (exact) mass is 179 g/mol. The van der Waals surface area contributed by atoms with E-state index in [1.807, 2.05) is 17.8 Å². The lowest BCUT2D eigenvalue weighted by molar-refractivity contribution is 0.126. The normalized spacial score (nSPS) is 19.8. The Kier molecular flexibility index (Phi) is 1.82. The molecule has 0 aliphatic heterocycles. The van der Waals surface area contributed by atoms with Crippen molar-refractivity contribution < 1.29 is 0 Å². The van der Waals surface area contributed by atoms with E-state index in [-0.39, 0.29) is 0 Å². The number of nitrogens with two attached hydrogens (primary N) is 1. The van der Waals surface area contributed by atoms with E-state index >= 15 is 0 Å². The minimum absolute atomic E-state index is 0.477. The van der Waals surface area contributed by atoms with E-state index in [9.17, 15) is 0 Å². The summed E-state index contributed by atoms with van der Waals surface area (Å²) in [6, 6.07) is 0. The minimum Gasteiger partial charge on any atom is -0.382 e. The Hall–Kier alpha value is -0.990. The SMILES string of the molecule is Cc1cn(CC2(C)CCC2)nc1N. The topological polar surface area (TPSA) is 43.8 Å². The van der Waals surface area contributed by atoms with Crippen LogP contribution in [0.2, 0.25) is 0 Å². The predicted molar refractivity (Wildman–Crippen MR) is 53.3 cm³/mol. The van der Waals surface area contributed by atoms with Gasteiger partial charge in [0.1, 0.15) is 5.82 Å². The number of hydrogen-bond donors (Lipinski definition) is 1. The molecule has 72 valence electrons. The summed E-state index contributed by atoms with van der Waals surface area (Å²) in [5, 5.41) is 4.27. The molecule has 1 aliphatic rings. The zero-order valence-corrected chi connectivity index (χ0v) is 8.38. The van der Waals surface area contributed by atoms with Crippen LogP contribution in [0.4, 0.5) is 5.82 Å². The molecule has 3 nitrogen and oxygen atoms in total. The van der Waals surface area contributed by atoms with Gasteiger partial charge in [-0.25, -0.2) is 0 Å². The summed E-state index contributed by atoms with van der Waals surface area (Å²) < 4.78 is 1.99. The van der Waals surface area contributed by atoms with Gasteiger partial charge in [-0.3, -0.25) is 4.68 Å². The fourth-order valence-electron chi connectivity index (χ4n) is 1.95. The van der Waals surface area contributed by atoms with Crippen LogP contribution in [0.5, 0.6) is 0 Å². The van der Waals surface area contributed by atoms with E-state index < -0.39 is 0 Å². The Labute approximate surface area is 78.9 Å². The van der Waals surface area contributed by atoms with Gasteiger partial charge >= 0.3 is 0 Å². The molecule has 2 N–H and O–H groups in total. The quantitative estimate of drug-likeness (QED) is 0.754. The molecule has 3 heteroatoms. The summed E-state index contributed by atoms with van der Waals surface area (Å²) in [6.45, 7) is 5.34. The molecule has 1 aliphatic carbocycles. The van der Waals surface area contributed by atoms with Crippen molar-refractivity contribution in [2.45, 2.75) is 39.7 Å². The Morgan fingerprint density at radius 2 is 2.31 bits per heavy atom. The lowest BCUT2D eigenvalue weighted by Gasteiger charge is -2.38. The molecule has 0 unspecified atom stereocenters. The number of nitrogens with zero attached hydrogens (tertiary/aromatic N) is 2. The van der Waals surface area contributed by atoms with Gasteiger partial charge in [-0.05, 0) is 25.2 Å². The summed E-state index contributed by atoms with van der Waals surface area (Å²) in [7, 11) is 0. The van der Waals surface area contributed by atoms with Gasteiger partial charge in [-0.15, -0.1) is 0 Å². The van der Waals surface area contributed by atoms with Gasteiger partial charge in [0.2, 0.25) is 0 Å². The maximum atomic E-state index is 5.69. The van der Waals surface area contributed by atoms with Crippen LogP contribution in [0.3, 0.4) is 0 Å². The number of aromatic nitrogens is 2. The number of rotatable bonds is 2. The molecule has 0 saturated heterocycles. The molecule has 0 atom stereocenters. The third kappa shape index (κ3) is 1.55. The second-order valence-electron chi connectivity index (χ2n) is 4.56. The molecule has 1 fully saturated rings. The fraction of sp³-hybridized carbons (Fsp3) is 0.700. The molecule has 0 amide bonds. The van der Waals surface area contributed by atoms with Gasteiger partial charge in [-0.2, -0.15) is 5.10 Å². The molecule has 1 heterocycles. The summed E-state index contributed by atoms with van der Waals surface area (Å²) >= 11 is 0. The molecule has 1 aromatic rings. The van der Waals surface area contributed by atoms with Crippen LogP contribution in [-0.2, 0) is 6.54 Å². The predicted octanol–water partition coefficient (Wildman–Crippen LogP) is 1.96. The number of anilines is 1. The van der Waals surface area contributed by atoms with Crippen LogP contribution in [0, 0.1) is 12.3 Å². The van der Waals surface area contributed by atoms with Crippen molar-refractivity contribution in [3.8, 4) is 0 Å². The van der Waals surface area contributed by atoms with E-state index in [1.54, 1.807) is 0 Å². The molecule has 0 bridgehead atoms. The molecule has 0 spiro atoms. The zero-order chi connectivity index (χ0) is 9.47. The average Bonchev–Trinajstić information content (AvgIpc) is 2.28. The number of nitrogen functional groups attached to an aromatic ring is 1. The van der Waals surface area contributed by atoms with Gasteiger partial charge in [0, 0.05) is 18.3 Å². The van der Waals surface area contributed by atoms with Gasteiger partial charge in [0.25, 0.3) is 0 Å². The van der Waals surface area contributed by atoms with E-state index in [2.05, 4.69) is 12.0 Å². The third-order valence-electron chi connectivity index (χ3n) is 3.09. The molecular weight excluding hydrogens is 162 g/mol. The Balaban J connectivity index is 2.09. The summed E-state index contributed by atoms with van der Waals surface area (Å²) in [5.41, 5.74) is 7.25. The fourth-order valence-corrected chi connectivity index (χ4v) is 1.95. The van der Waals surface area contributed by atoms with Crippen LogP contribution in [-0.4, -0.2) is 9.78 Å². The average molecular weight is 179 g/mol. The first kappa shape index (κ1) is 8.60. The molecule has 0 aromatic carbocycles. The van der Waals surface area contributed by atoms with Crippen LogP contribution < -0.4 is 5.73 Å². The Bertz CT molecular complexity index is 290. The third-order valence-corrected chi connectivity index (χ3v) is 3.09. The van der Waals surface area contributed by atoms with Crippen LogP contribution >= 0.6 is 0 Å². The highest BCUT2D eigenvalue weighted by Crippen LogP contribution is 2.41. The molecule has 2 rings (SSSR count). The van der Waals surface area contributed by atoms with E-state index in [0.717, 1.165) is 12.1 Å². The standard InChI is InChI=1S/C10H17N3/c1-8-6-13(12-9(8)11)7-10(2)4-3-5-10/h6H,3-5,7H2,1-2H3,(H2,11,12). The summed E-state index contributed by atoms with van der Waals surface area (Å²) in [6.07, 6.45) is 6.06. The van der Waals surface area contributed by atoms with Gasteiger partial charge < -0.3 is 5.73 Å². The summed E-state index contributed by atoms with van der Waals surface area (Å²) in [5.74, 6) is 0.669. The van der Waals surface area contributed by atoms with Crippen molar-refractivity contribution in [3.05, 3.63) is 11.8 Å². The maximum absolute atomic E-state index is 5.69. The maximum Gasteiger partial charge on any atom is 0.148 e. The van der Waals surface area contributed by atoms with Crippen molar-refractivity contribution >= 4 is 5.82 Å². The van der Waals surface area contributed by atoms with Gasteiger partial charge in [-0.1, -0.05) is 13.3 Å². The van der Waals surface area contributed by atoms with Crippen LogP contribution in [0.15, 0.2) is 6.20 Å². The summed E-state index contributed by atoms with van der Waals surface area (Å²) in [4.78, 5) is 0. The first-order valence-electron chi connectivity index (χ1n) is 4.89. The zero-order valence-electron chi connectivity index (χ0n) is 8.38. The minimum atomic E-state index is 0.477. The second kappa shape index (κ2) is 2.76. The largest absolute Gasteiger partial charge is 0.382 e. The van der Waals surface area contributed by atoms with Crippen molar-refractivity contribution in [1.82, 2.24) is 9.78 Å². The number of hydrogen-bond acceptors (Lipinski definition) is 2. The van der Waals surface area contributed by atoms with Crippen molar-refractivity contribution in [1.29, 1.82) is 0 Å².